The van der Waals surface area contributed by atoms with Crippen LogP contribution in [0.25, 0.3) is 0 Å². The highest BCUT2D eigenvalue weighted by molar-refractivity contribution is 5.82. The Labute approximate surface area is 151 Å². The van der Waals surface area contributed by atoms with Crippen LogP contribution in [0.4, 0.5) is 0 Å². The van der Waals surface area contributed by atoms with Crippen LogP contribution in [0, 0.1) is 0 Å². The number of ether oxygens (including phenoxy) is 1. The third-order valence-corrected chi connectivity index (χ3v) is 5.42. The standard InChI is InChI=1S/C19H32N4O2/c1-20-19(21-10-9-16-6-3-2-4-7-16)23-13-11-22(12-14-23)18(24)17-8-5-15-25-17/h6,17H,2-5,7-15H2,1H3,(H,20,21). The van der Waals surface area contributed by atoms with Crippen molar-refractivity contribution in [1.29, 1.82) is 0 Å². The average Bonchev–Trinajstić information content (AvgIpc) is 3.20. The van der Waals surface area contributed by atoms with Crippen molar-refractivity contribution in [1.82, 2.24) is 15.1 Å². The normalized spacial score (nSPS) is 25.1. The third-order valence-electron chi connectivity index (χ3n) is 5.42. The molecule has 25 heavy (non-hydrogen) atoms. The lowest BCUT2D eigenvalue weighted by atomic mass is 9.97. The molecule has 1 aliphatic carbocycles. The van der Waals surface area contributed by atoms with E-state index in [-0.39, 0.29) is 12.0 Å². The van der Waals surface area contributed by atoms with Gasteiger partial charge in [-0.25, -0.2) is 0 Å². The summed E-state index contributed by atoms with van der Waals surface area (Å²) >= 11 is 0. The molecule has 0 spiro atoms. The van der Waals surface area contributed by atoms with Gasteiger partial charge in [0.15, 0.2) is 5.96 Å². The molecule has 1 atom stereocenters. The van der Waals surface area contributed by atoms with E-state index in [0.29, 0.717) is 0 Å². The van der Waals surface area contributed by atoms with Gasteiger partial charge in [-0.2, -0.15) is 0 Å². The van der Waals surface area contributed by atoms with Crippen LogP contribution in [0.15, 0.2) is 16.6 Å². The van der Waals surface area contributed by atoms with Crippen molar-refractivity contribution < 1.29 is 9.53 Å². The van der Waals surface area contributed by atoms with E-state index in [9.17, 15) is 4.79 Å². The predicted molar refractivity (Wildman–Crippen MR) is 99.7 cm³/mol. The van der Waals surface area contributed by atoms with Gasteiger partial charge in [-0.05, 0) is 44.9 Å². The van der Waals surface area contributed by atoms with E-state index in [1.54, 1.807) is 5.57 Å². The quantitative estimate of drug-likeness (QED) is 0.478. The monoisotopic (exact) mass is 348 g/mol. The number of carbonyl (C=O) groups excluding carboxylic acids is 1. The molecule has 1 amide bonds. The number of nitrogens with zero attached hydrogens (tertiary/aromatic N) is 3. The number of aliphatic imine (C=N–C) groups is 1. The molecule has 2 aliphatic heterocycles. The second-order valence-electron chi connectivity index (χ2n) is 7.15. The molecule has 0 aromatic heterocycles. The van der Waals surface area contributed by atoms with Gasteiger partial charge in [0.05, 0.1) is 0 Å². The second-order valence-corrected chi connectivity index (χ2v) is 7.15. The minimum absolute atomic E-state index is 0.171. The maximum Gasteiger partial charge on any atom is 0.251 e. The highest BCUT2D eigenvalue weighted by atomic mass is 16.5. The zero-order chi connectivity index (χ0) is 17.5. The van der Waals surface area contributed by atoms with Crippen LogP contribution in [0.3, 0.4) is 0 Å². The zero-order valence-corrected chi connectivity index (χ0v) is 15.5. The first kappa shape index (κ1) is 18.2. The van der Waals surface area contributed by atoms with Crippen molar-refractivity contribution >= 4 is 11.9 Å². The molecule has 0 bridgehead atoms. The fourth-order valence-electron chi connectivity index (χ4n) is 3.91. The van der Waals surface area contributed by atoms with Crippen LogP contribution in [-0.4, -0.2) is 74.1 Å². The Morgan fingerprint density at radius 2 is 2.04 bits per heavy atom. The van der Waals surface area contributed by atoms with E-state index in [0.717, 1.165) is 64.6 Å². The van der Waals surface area contributed by atoms with E-state index in [1.165, 1.54) is 25.7 Å². The number of piperazine rings is 1. The number of hydrogen-bond acceptors (Lipinski definition) is 3. The minimum Gasteiger partial charge on any atom is -0.368 e. The molecular formula is C19H32N4O2. The molecule has 2 fully saturated rings. The minimum atomic E-state index is -0.201. The van der Waals surface area contributed by atoms with Crippen molar-refractivity contribution in [3.8, 4) is 0 Å². The highest BCUT2D eigenvalue weighted by Gasteiger charge is 2.30. The first-order valence-electron chi connectivity index (χ1n) is 9.82. The summed E-state index contributed by atoms with van der Waals surface area (Å²) in [6, 6.07) is 0. The molecule has 140 valence electrons. The van der Waals surface area contributed by atoms with E-state index in [4.69, 9.17) is 4.74 Å². The number of allylic oxidation sites excluding steroid dienone is 1. The van der Waals surface area contributed by atoms with E-state index >= 15 is 0 Å². The first-order chi connectivity index (χ1) is 12.3. The topological polar surface area (TPSA) is 57.2 Å². The lowest BCUT2D eigenvalue weighted by Gasteiger charge is -2.37. The molecule has 3 aliphatic rings. The molecule has 1 unspecified atom stereocenters. The van der Waals surface area contributed by atoms with Crippen molar-refractivity contribution in [3.63, 3.8) is 0 Å². The average molecular weight is 348 g/mol. The lowest BCUT2D eigenvalue weighted by molar-refractivity contribution is -0.142. The van der Waals surface area contributed by atoms with Gasteiger partial charge in [0.2, 0.25) is 0 Å². The van der Waals surface area contributed by atoms with Crippen molar-refractivity contribution in [2.24, 2.45) is 4.99 Å². The van der Waals surface area contributed by atoms with Gasteiger partial charge >= 0.3 is 0 Å². The van der Waals surface area contributed by atoms with E-state index < -0.39 is 0 Å². The maximum atomic E-state index is 12.4. The van der Waals surface area contributed by atoms with Gasteiger partial charge in [0.25, 0.3) is 5.91 Å². The molecule has 2 heterocycles. The van der Waals surface area contributed by atoms with Gasteiger partial charge in [-0.3, -0.25) is 9.79 Å². The Kier molecular flexibility index (Phi) is 6.73. The summed E-state index contributed by atoms with van der Waals surface area (Å²) in [5.74, 6) is 1.13. The van der Waals surface area contributed by atoms with E-state index in [1.807, 2.05) is 11.9 Å². The molecule has 1 N–H and O–H groups in total. The van der Waals surface area contributed by atoms with Gasteiger partial charge in [-0.15, -0.1) is 0 Å². The van der Waals surface area contributed by atoms with Gasteiger partial charge in [-0.1, -0.05) is 11.6 Å². The number of nitrogens with one attached hydrogen (secondary N) is 1. The third kappa shape index (κ3) is 4.97. The van der Waals surface area contributed by atoms with Crippen molar-refractivity contribution in [3.05, 3.63) is 11.6 Å². The molecule has 0 saturated carbocycles. The van der Waals surface area contributed by atoms with Gasteiger partial charge < -0.3 is 19.9 Å². The maximum absolute atomic E-state index is 12.4. The summed E-state index contributed by atoms with van der Waals surface area (Å²) in [5, 5.41) is 3.49. The summed E-state index contributed by atoms with van der Waals surface area (Å²) in [7, 11) is 1.84. The van der Waals surface area contributed by atoms with Crippen molar-refractivity contribution in [2.75, 3.05) is 46.4 Å². The summed E-state index contributed by atoms with van der Waals surface area (Å²) < 4.78 is 5.53. The Morgan fingerprint density at radius 3 is 2.68 bits per heavy atom. The Hall–Kier alpha value is -1.56. The molecular weight excluding hydrogens is 316 g/mol. The Morgan fingerprint density at radius 1 is 1.24 bits per heavy atom. The molecule has 0 aromatic carbocycles. The Balaban J connectivity index is 1.40. The van der Waals surface area contributed by atoms with Gasteiger partial charge in [0, 0.05) is 46.4 Å². The molecule has 6 nitrogen and oxygen atoms in total. The molecule has 0 radical (unpaired) electrons. The number of hydrogen-bond donors (Lipinski definition) is 1. The predicted octanol–water partition coefficient (Wildman–Crippen LogP) is 1.78. The summed E-state index contributed by atoms with van der Waals surface area (Å²) in [4.78, 5) is 21.1. The van der Waals surface area contributed by atoms with Crippen LogP contribution >= 0.6 is 0 Å². The number of guanidine groups is 1. The van der Waals surface area contributed by atoms with Crippen molar-refractivity contribution in [2.45, 2.75) is 51.0 Å². The fraction of sp³-hybridized carbons (Fsp3) is 0.789. The number of amides is 1. The fourth-order valence-corrected chi connectivity index (χ4v) is 3.91. The molecule has 3 rings (SSSR count). The van der Waals surface area contributed by atoms with E-state index in [2.05, 4.69) is 21.3 Å². The smallest absolute Gasteiger partial charge is 0.251 e. The Bertz CT molecular complexity index is 504. The molecule has 0 aromatic rings. The second kappa shape index (κ2) is 9.22. The summed E-state index contributed by atoms with van der Waals surface area (Å²) in [5.41, 5.74) is 1.58. The zero-order valence-electron chi connectivity index (χ0n) is 15.5. The molecule has 2 saturated heterocycles. The van der Waals surface area contributed by atoms with Gasteiger partial charge in [0.1, 0.15) is 6.10 Å². The summed E-state index contributed by atoms with van der Waals surface area (Å²) in [6.45, 7) is 4.84. The number of carbonyl (C=O) groups is 1. The number of rotatable bonds is 4. The summed E-state index contributed by atoms with van der Waals surface area (Å²) in [6.07, 6.45) is 10.4. The van der Waals surface area contributed by atoms with Crippen LogP contribution < -0.4 is 5.32 Å². The van der Waals surface area contributed by atoms with Crippen LogP contribution in [0.2, 0.25) is 0 Å². The largest absolute Gasteiger partial charge is 0.368 e. The first-order valence-corrected chi connectivity index (χ1v) is 9.82. The molecule has 6 heteroatoms. The van der Waals surface area contributed by atoms with Crippen LogP contribution in [0.1, 0.15) is 44.9 Å². The SMILES string of the molecule is CN=C(NCCC1=CCCCC1)N1CCN(C(=O)C2CCCO2)CC1. The lowest BCUT2D eigenvalue weighted by Crippen LogP contribution is -2.55. The van der Waals surface area contributed by atoms with Crippen LogP contribution in [-0.2, 0) is 9.53 Å². The highest BCUT2D eigenvalue weighted by Crippen LogP contribution is 2.19. The van der Waals surface area contributed by atoms with Crippen LogP contribution in [0.5, 0.6) is 0 Å².